The summed E-state index contributed by atoms with van der Waals surface area (Å²) in [6.07, 6.45) is -0.268. The van der Waals surface area contributed by atoms with E-state index < -0.39 is 5.91 Å². The molecule has 0 atom stereocenters. The van der Waals surface area contributed by atoms with Gasteiger partial charge in [-0.05, 0) is 42.0 Å². The van der Waals surface area contributed by atoms with Crippen molar-refractivity contribution in [1.29, 1.82) is 5.26 Å². The van der Waals surface area contributed by atoms with E-state index in [2.05, 4.69) is 10.6 Å². The zero-order valence-corrected chi connectivity index (χ0v) is 13.2. The van der Waals surface area contributed by atoms with Crippen LogP contribution in [0.25, 0.3) is 0 Å². The van der Waals surface area contributed by atoms with Gasteiger partial charge in [0, 0.05) is 12.2 Å². The molecule has 122 valence electrons. The van der Waals surface area contributed by atoms with E-state index in [1.54, 1.807) is 43.5 Å². The SMILES string of the molecule is COc1ccc(CNC(=O)CC(=O)Nc2ccc(C#N)cc2)cc1. The van der Waals surface area contributed by atoms with Crippen LogP contribution in [0.4, 0.5) is 5.69 Å². The molecule has 2 aromatic carbocycles. The van der Waals surface area contributed by atoms with Gasteiger partial charge in [0.2, 0.25) is 11.8 Å². The lowest BCUT2D eigenvalue weighted by molar-refractivity contribution is -0.126. The molecule has 2 amide bonds. The van der Waals surface area contributed by atoms with Crippen molar-refractivity contribution in [2.75, 3.05) is 12.4 Å². The summed E-state index contributed by atoms with van der Waals surface area (Å²) in [4.78, 5) is 23.6. The van der Waals surface area contributed by atoms with Gasteiger partial charge in [0.15, 0.2) is 0 Å². The van der Waals surface area contributed by atoms with Gasteiger partial charge in [0.25, 0.3) is 0 Å². The summed E-state index contributed by atoms with van der Waals surface area (Å²) in [5, 5.41) is 14.0. The first-order valence-electron chi connectivity index (χ1n) is 7.30. The molecule has 0 fully saturated rings. The van der Waals surface area contributed by atoms with Crippen LogP contribution < -0.4 is 15.4 Å². The Morgan fingerprint density at radius 2 is 1.71 bits per heavy atom. The molecule has 0 aromatic heterocycles. The maximum Gasteiger partial charge on any atom is 0.233 e. The Bertz CT molecular complexity index is 747. The number of carbonyl (C=O) groups is 2. The second-order valence-electron chi connectivity index (χ2n) is 5.04. The summed E-state index contributed by atoms with van der Waals surface area (Å²) in [7, 11) is 1.59. The Balaban J connectivity index is 1.78. The van der Waals surface area contributed by atoms with E-state index >= 15 is 0 Å². The number of hydrogen-bond donors (Lipinski definition) is 2. The Hall–Kier alpha value is -3.33. The maximum absolute atomic E-state index is 11.8. The number of hydrogen-bond acceptors (Lipinski definition) is 4. The van der Waals surface area contributed by atoms with E-state index in [1.807, 2.05) is 18.2 Å². The summed E-state index contributed by atoms with van der Waals surface area (Å²) >= 11 is 0. The number of nitrogens with one attached hydrogen (secondary N) is 2. The number of methoxy groups -OCH3 is 1. The molecule has 0 bridgehead atoms. The Labute approximate surface area is 140 Å². The van der Waals surface area contributed by atoms with E-state index in [1.165, 1.54) is 0 Å². The monoisotopic (exact) mass is 323 g/mol. The van der Waals surface area contributed by atoms with Gasteiger partial charge in [0.05, 0.1) is 18.7 Å². The van der Waals surface area contributed by atoms with Crippen LogP contribution in [0.1, 0.15) is 17.5 Å². The third kappa shape index (κ3) is 5.14. The molecule has 2 N–H and O–H groups in total. The minimum atomic E-state index is -0.410. The summed E-state index contributed by atoms with van der Waals surface area (Å²) in [6, 6.07) is 15.7. The summed E-state index contributed by atoms with van der Waals surface area (Å²) in [6.45, 7) is 0.340. The van der Waals surface area contributed by atoms with Crippen molar-refractivity contribution in [3.63, 3.8) is 0 Å². The molecule has 2 aromatic rings. The standard InChI is InChI=1S/C18H17N3O3/c1-24-16-8-4-14(5-9-16)12-20-17(22)10-18(23)21-15-6-2-13(11-19)3-7-15/h2-9H,10,12H2,1H3,(H,20,22)(H,21,23). The van der Waals surface area contributed by atoms with Crippen LogP contribution in [0.5, 0.6) is 5.75 Å². The summed E-state index contributed by atoms with van der Waals surface area (Å²) in [5.41, 5.74) is 1.96. The van der Waals surface area contributed by atoms with E-state index in [0.29, 0.717) is 17.8 Å². The van der Waals surface area contributed by atoms with E-state index in [4.69, 9.17) is 10.00 Å². The highest BCUT2D eigenvalue weighted by Crippen LogP contribution is 2.11. The first-order chi connectivity index (χ1) is 11.6. The third-order valence-electron chi connectivity index (χ3n) is 3.27. The Morgan fingerprint density at radius 3 is 2.29 bits per heavy atom. The van der Waals surface area contributed by atoms with Crippen LogP contribution in [-0.4, -0.2) is 18.9 Å². The average Bonchev–Trinajstić information content (AvgIpc) is 2.61. The van der Waals surface area contributed by atoms with Gasteiger partial charge in [-0.25, -0.2) is 0 Å². The van der Waals surface area contributed by atoms with Crippen LogP contribution >= 0.6 is 0 Å². The van der Waals surface area contributed by atoms with Crippen LogP contribution in [-0.2, 0) is 16.1 Å². The topological polar surface area (TPSA) is 91.2 Å². The number of nitriles is 1. The summed E-state index contributed by atoms with van der Waals surface area (Å²) < 4.78 is 5.06. The number of ether oxygens (including phenoxy) is 1. The molecule has 0 saturated carbocycles. The fourth-order valence-corrected chi connectivity index (χ4v) is 1.99. The fourth-order valence-electron chi connectivity index (χ4n) is 1.99. The molecule has 0 spiro atoms. The number of nitrogens with zero attached hydrogens (tertiary/aromatic N) is 1. The predicted molar refractivity (Wildman–Crippen MR) is 89.2 cm³/mol. The van der Waals surface area contributed by atoms with Gasteiger partial charge in [-0.3, -0.25) is 9.59 Å². The predicted octanol–water partition coefficient (Wildman–Crippen LogP) is 2.21. The normalized spacial score (nSPS) is 9.67. The van der Waals surface area contributed by atoms with Gasteiger partial charge < -0.3 is 15.4 Å². The first kappa shape index (κ1) is 17.0. The number of anilines is 1. The lowest BCUT2D eigenvalue weighted by Crippen LogP contribution is -2.27. The maximum atomic E-state index is 11.8. The van der Waals surface area contributed by atoms with Crippen LogP contribution in [0.2, 0.25) is 0 Å². The van der Waals surface area contributed by atoms with Crippen molar-refractivity contribution in [2.24, 2.45) is 0 Å². The molecular formula is C18H17N3O3. The number of carbonyl (C=O) groups excluding carboxylic acids is 2. The third-order valence-corrected chi connectivity index (χ3v) is 3.27. The zero-order chi connectivity index (χ0) is 17.4. The van der Waals surface area contributed by atoms with Crippen LogP contribution in [0, 0.1) is 11.3 Å². The summed E-state index contributed by atoms with van der Waals surface area (Å²) in [5.74, 6) is -0.0317. The molecule has 0 radical (unpaired) electrons. The quantitative estimate of drug-likeness (QED) is 0.797. The molecule has 6 heteroatoms. The van der Waals surface area contributed by atoms with Crippen molar-refractivity contribution < 1.29 is 14.3 Å². The van der Waals surface area contributed by atoms with Crippen molar-refractivity contribution in [3.8, 4) is 11.8 Å². The smallest absolute Gasteiger partial charge is 0.233 e. The Kier molecular flexibility index (Phi) is 5.92. The van der Waals surface area contributed by atoms with Crippen molar-refractivity contribution in [1.82, 2.24) is 5.32 Å². The van der Waals surface area contributed by atoms with Gasteiger partial charge in [-0.1, -0.05) is 12.1 Å². The van der Waals surface area contributed by atoms with Crippen molar-refractivity contribution in [3.05, 3.63) is 59.7 Å². The molecular weight excluding hydrogens is 306 g/mol. The molecule has 0 heterocycles. The molecule has 2 rings (SSSR count). The lowest BCUT2D eigenvalue weighted by Gasteiger charge is -2.07. The minimum Gasteiger partial charge on any atom is -0.497 e. The Morgan fingerprint density at radius 1 is 1.04 bits per heavy atom. The molecule has 0 saturated heterocycles. The molecule has 0 aliphatic heterocycles. The number of amides is 2. The minimum absolute atomic E-state index is 0.268. The second-order valence-corrected chi connectivity index (χ2v) is 5.04. The van der Waals surface area contributed by atoms with E-state index in [9.17, 15) is 9.59 Å². The van der Waals surface area contributed by atoms with Gasteiger partial charge in [-0.2, -0.15) is 5.26 Å². The zero-order valence-electron chi connectivity index (χ0n) is 13.2. The van der Waals surface area contributed by atoms with Crippen molar-refractivity contribution >= 4 is 17.5 Å². The first-order valence-corrected chi connectivity index (χ1v) is 7.30. The van der Waals surface area contributed by atoms with Gasteiger partial charge in [-0.15, -0.1) is 0 Å². The fraction of sp³-hybridized carbons (Fsp3) is 0.167. The largest absolute Gasteiger partial charge is 0.497 e. The highest BCUT2D eigenvalue weighted by molar-refractivity contribution is 6.03. The second kappa shape index (κ2) is 8.34. The van der Waals surface area contributed by atoms with Gasteiger partial charge >= 0.3 is 0 Å². The number of rotatable bonds is 6. The highest BCUT2D eigenvalue weighted by atomic mass is 16.5. The van der Waals surface area contributed by atoms with E-state index in [-0.39, 0.29) is 12.3 Å². The van der Waals surface area contributed by atoms with Crippen molar-refractivity contribution in [2.45, 2.75) is 13.0 Å². The molecule has 0 unspecified atom stereocenters. The molecule has 0 aliphatic carbocycles. The number of benzene rings is 2. The van der Waals surface area contributed by atoms with Crippen LogP contribution in [0.15, 0.2) is 48.5 Å². The van der Waals surface area contributed by atoms with Crippen LogP contribution in [0.3, 0.4) is 0 Å². The van der Waals surface area contributed by atoms with Gasteiger partial charge in [0.1, 0.15) is 12.2 Å². The van der Waals surface area contributed by atoms with E-state index in [0.717, 1.165) is 11.3 Å². The molecule has 0 aliphatic rings. The molecule has 6 nitrogen and oxygen atoms in total. The molecule has 24 heavy (non-hydrogen) atoms. The lowest BCUT2D eigenvalue weighted by atomic mass is 10.2. The average molecular weight is 323 g/mol. The highest BCUT2D eigenvalue weighted by Gasteiger charge is 2.09.